The maximum atomic E-state index is 5.54. The van der Waals surface area contributed by atoms with E-state index in [0.29, 0.717) is 12.1 Å². The van der Waals surface area contributed by atoms with Gasteiger partial charge in [0.15, 0.2) is 0 Å². The number of hydrogen-bond donors (Lipinski definition) is 2. The van der Waals surface area contributed by atoms with Crippen molar-refractivity contribution in [3.05, 3.63) is 0 Å². The van der Waals surface area contributed by atoms with Gasteiger partial charge in [-0.15, -0.1) is 0 Å². The van der Waals surface area contributed by atoms with Crippen LogP contribution < -0.4 is 11.5 Å². The fourth-order valence-corrected chi connectivity index (χ4v) is 0.762. The molecule has 0 aromatic rings. The van der Waals surface area contributed by atoms with Crippen molar-refractivity contribution in [1.29, 1.82) is 0 Å². The van der Waals surface area contributed by atoms with Crippen molar-refractivity contribution in [2.24, 2.45) is 11.5 Å². The molecule has 2 atom stereocenters. The normalized spacial score (nSPS) is 17.3. The highest BCUT2D eigenvalue weighted by Gasteiger charge is 1.96. The van der Waals surface area contributed by atoms with E-state index in [-0.39, 0.29) is 0 Å². The minimum absolute atomic E-state index is 0.337. The summed E-state index contributed by atoms with van der Waals surface area (Å²) in [6.07, 6.45) is 3.36. The quantitative estimate of drug-likeness (QED) is 0.592. The molecule has 9 heavy (non-hydrogen) atoms. The first-order chi connectivity index (χ1) is 4.13. The lowest BCUT2D eigenvalue weighted by Gasteiger charge is -2.05. The molecule has 0 saturated carbocycles. The van der Waals surface area contributed by atoms with Gasteiger partial charge in [-0.25, -0.2) is 0 Å². The van der Waals surface area contributed by atoms with Crippen LogP contribution in [0.2, 0.25) is 0 Å². The molecule has 0 spiro atoms. The Morgan fingerprint density at radius 2 is 1.33 bits per heavy atom. The first kappa shape index (κ1) is 8.92. The Balaban J connectivity index is 2.91. The van der Waals surface area contributed by atoms with Gasteiger partial charge in [-0.2, -0.15) is 0 Å². The third kappa shape index (κ3) is 7.92. The number of rotatable bonds is 4. The van der Waals surface area contributed by atoms with Gasteiger partial charge in [0, 0.05) is 12.1 Å². The molecule has 0 rings (SSSR count). The van der Waals surface area contributed by atoms with Crippen molar-refractivity contribution >= 4 is 0 Å². The maximum Gasteiger partial charge on any atom is 0.00104 e. The van der Waals surface area contributed by atoms with E-state index in [1.807, 2.05) is 13.8 Å². The van der Waals surface area contributed by atoms with Crippen molar-refractivity contribution in [3.63, 3.8) is 0 Å². The molecule has 0 aliphatic heterocycles. The first-order valence-corrected chi connectivity index (χ1v) is 3.64. The highest BCUT2D eigenvalue weighted by molar-refractivity contribution is 4.57. The lowest BCUT2D eigenvalue weighted by molar-refractivity contribution is 0.554. The summed E-state index contributed by atoms with van der Waals surface area (Å²) in [4.78, 5) is 0. The second kappa shape index (κ2) is 4.77. The minimum Gasteiger partial charge on any atom is -0.328 e. The van der Waals surface area contributed by atoms with E-state index in [9.17, 15) is 0 Å². The molecule has 0 aromatic carbocycles. The van der Waals surface area contributed by atoms with Gasteiger partial charge in [-0.3, -0.25) is 0 Å². The summed E-state index contributed by atoms with van der Waals surface area (Å²) in [6.45, 7) is 4.06. The molecule has 0 aliphatic rings. The van der Waals surface area contributed by atoms with Crippen molar-refractivity contribution in [3.8, 4) is 0 Å². The molecule has 0 unspecified atom stereocenters. The lowest BCUT2D eigenvalue weighted by atomic mass is 10.1. The maximum absolute atomic E-state index is 5.54. The van der Waals surface area contributed by atoms with Crippen molar-refractivity contribution in [1.82, 2.24) is 0 Å². The largest absolute Gasteiger partial charge is 0.328 e. The third-order valence-electron chi connectivity index (χ3n) is 1.32. The van der Waals surface area contributed by atoms with Crippen LogP contribution >= 0.6 is 0 Å². The average Bonchev–Trinajstić information content (AvgIpc) is 1.63. The molecule has 0 fully saturated rings. The molecule has 0 heterocycles. The van der Waals surface area contributed by atoms with Crippen LogP contribution in [0, 0.1) is 0 Å². The zero-order chi connectivity index (χ0) is 7.28. The highest BCUT2D eigenvalue weighted by Crippen LogP contribution is 1.99. The van der Waals surface area contributed by atoms with Crippen LogP contribution in [-0.4, -0.2) is 12.1 Å². The molecule has 0 saturated heterocycles. The van der Waals surface area contributed by atoms with E-state index in [2.05, 4.69) is 0 Å². The second-order valence-corrected chi connectivity index (χ2v) is 2.89. The molecule has 0 aromatic heterocycles. The Hall–Kier alpha value is -0.0800. The Morgan fingerprint density at radius 1 is 1.00 bits per heavy atom. The summed E-state index contributed by atoms with van der Waals surface area (Å²) in [6, 6.07) is 0.674. The molecular formula is C7H18N2. The first-order valence-electron chi connectivity index (χ1n) is 3.64. The summed E-state index contributed by atoms with van der Waals surface area (Å²) in [5, 5.41) is 0. The smallest absolute Gasteiger partial charge is 0.00104 e. The predicted octanol–water partition coefficient (Wildman–Crippen LogP) is 0.851. The molecule has 2 nitrogen and oxygen atoms in total. The fraction of sp³-hybridized carbons (Fsp3) is 1.00. The van der Waals surface area contributed by atoms with Crippen molar-refractivity contribution in [2.75, 3.05) is 0 Å². The summed E-state index contributed by atoms with van der Waals surface area (Å²) >= 11 is 0. The minimum atomic E-state index is 0.337. The van der Waals surface area contributed by atoms with Crippen LogP contribution in [0.15, 0.2) is 0 Å². The van der Waals surface area contributed by atoms with Gasteiger partial charge in [0.1, 0.15) is 0 Å². The Kier molecular flexibility index (Phi) is 4.72. The number of nitrogens with two attached hydrogens (primary N) is 2. The summed E-state index contributed by atoms with van der Waals surface area (Å²) < 4.78 is 0. The molecule has 4 N–H and O–H groups in total. The van der Waals surface area contributed by atoms with E-state index in [4.69, 9.17) is 11.5 Å². The molecule has 2 heteroatoms. The Bertz CT molecular complexity index is 51.9. The van der Waals surface area contributed by atoms with Crippen LogP contribution in [0.25, 0.3) is 0 Å². The number of hydrogen-bond acceptors (Lipinski definition) is 2. The molecule has 0 bridgehead atoms. The molecule has 0 amide bonds. The monoisotopic (exact) mass is 130 g/mol. The van der Waals surface area contributed by atoms with Crippen LogP contribution in [0.4, 0.5) is 0 Å². The summed E-state index contributed by atoms with van der Waals surface area (Å²) in [5.74, 6) is 0. The summed E-state index contributed by atoms with van der Waals surface area (Å²) in [7, 11) is 0. The van der Waals surface area contributed by atoms with Crippen molar-refractivity contribution in [2.45, 2.75) is 45.2 Å². The van der Waals surface area contributed by atoms with Crippen LogP contribution in [0.1, 0.15) is 33.1 Å². The highest BCUT2D eigenvalue weighted by atomic mass is 14.6. The van der Waals surface area contributed by atoms with E-state index in [1.54, 1.807) is 0 Å². The van der Waals surface area contributed by atoms with Gasteiger partial charge in [-0.05, 0) is 26.7 Å². The molecule has 0 aliphatic carbocycles. The van der Waals surface area contributed by atoms with E-state index in [1.165, 1.54) is 0 Å². The lowest BCUT2D eigenvalue weighted by Crippen LogP contribution is -2.18. The third-order valence-corrected chi connectivity index (χ3v) is 1.32. The topological polar surface area (TPSA) is 52.0 Å². The molecule has 56 valence electrons. The van der Waals surface area contributed by atoms with E-state index in [0.717, 1.165) is 19.3 Å². The SMILES string of the molecule is C[C@H](N)CCC[C@@H](C)N. The average molecular weight is 130 g/mol. The zero-order valence-electron chi connectivity index (χ0n) is 6.43. The summed E-state index contributed by atoms with van der Waals surface area (Å²) in [5.41, 5.74) is 11.1. The zero-order valence-corrected chi connectivity index (χ0v) is 6.43. The van der Waals surface area contributed by atoms with Gasteiger partial charge in [0.05, 0.1) is 0 Å². The molecule has 0 radical (unpaired) electrons. The molecular weight excluding hydrogens is 112 g/mol. The fourth-order valence-electron chi connectivity index (χ4n) is 0.762. The Morgan fingerprint density at radius 3 is 1.56 bits per heavy atom. The van der Waals surface area contributed by atoms with Crippen molar-refractivity contribution < 1.29 is 0 Å². The van der Waals surface area contributed by atoms with Crippen LogP contribution in [0.5, 0.6) is 0 Å². The van der Waals surface area contributed by atoms with E-state index < -0.39 is 0 Å². The Labute approximate surface area is 57.6 Å². The van der Waals surface area contributed by atoms with Gasteiger partial charge in [0.2, 0.25) is 0 Å². The predicted molar refractivity (Wildman–Crippen MR) is 41.1 cm³/mol. The standard InChI is InChI=1S/C7H18N2/c1-6(8)4-3-5-7(2)9/h6-7H,3-5,8-9H2,1-2H3/t6-,7+. The van der Waals surface area contributed by atoms with Crippen LogP contribution in [0.3, 0.4) is 0 Å². The van der Waals surface area contributed by atoms with Gasteiger partial charge in [0.25, 0.3) is 0 Å². The van der Waals surface area contributed by atoms with Gasteiger partial charge in [-0.1, -0.05) is 6.42 Å². The van der Waals surface area contributed by atoms with E-state index >= 15 is 0 Å². The van der Waals surface area contributed by atoms with Gasteiger partial charge < -0.3 is 11.5 Å². The van der Waals surface area contributed by atoms with Crippen LogP contribution in [-0.2, 0) is 0 Å². The van der Waals surface area contributed by atoms with Gasteiger partial charge >= 0.3 is 0 Å². The second-order valence-electron chi connectivity index (χ2n) is 2.89.